The Hall–Kier alpha value is -1.90. The van der Waals surface area contributed by atoms with Gasteiger partial charge in [0.1, 0.15) is 17.6 Å². The van der Waals surface area contributed by atoms with Gasteiger partial charge < -0.3 is 10.6 Å². The molecule has 1 aromatic rings. The predicted octanol–water partition coefficient (Wildman–Crippen LogP) is 2.43. The van der Waals surface area contributed by atoms with Crippen molar-refractivity contribution in [3.05, 3.63) is 28.1 Å². The summed E-state index contributed by atoms with van der Waals surface area (Å²) in [4.78, 5) is 15.1. The summed E-state index contributed by atoms with van der Waals surface area (Å²) in [5.41, 5.74) is 4.09. The molecule has 0 spiro atoms. The number of alkyl halides is 3. The van der Waals surface area contributed by atoms with Crippen molar-refractivity contribution in [1.82, 2.24) is 4.98 Å². The minimum Gasteiger partial charge on any atom is -0.366 e. The SMILES string of the molecule is CC1CCN(c2cc(C(F)(F)F)ncc2[N+](=O)[O-])CC1CN. The molecule has 0 bridgehead atoms. The Labute approximate surface area is 125 Å². The first-order chi connectivity index (χ1) is 10.2. The highest BCUT2D eigenvalue weighted by molar-refractivity contribution is 5.63. The number of hydrogen-bond acceptors (Lipinski definition) is 5. The average molecular weight is 318 g/mol. The van der Waals surface area contributed by atoms with Gasteiger partial charge in [0, 0.05) is 13.1 Å². The van der Waals surface area contributed by atoms with Crippen molar-refractivity contribution in [1.29, 1.82) is 0 Å². The molecule has 1 aliphatic rings. The first-order valence-corrected chi connectivity index (χ1v) is 6.90. The number of rotatable bonds is 3. The zero-order chi connectivity index (χ0) is 16.5. The van der Waals surface area contributed by atoms with Crippen LogP contribution < -0.4 is 10.6 Å². The number of hydrogen-bond donors (Lipinski definition) is 1. The highest BCUT2D eigenvalue weighted by Crippen LogP contribution is 2.37. The third-order valence-corrected chi connectivity index (χ3v) is 4.11. The fourth-order valence-electron chi connectivity index (χ4n) is 2.66. The average Bonchev–Trinajstić information content (AvgIpc) is 2.46. The third-order valence-electron chi connectivity index (χ3n) is 4.11. The Morgan fingerprint density at radius 3 is 2.77 bits per heavy atom. The summed E-state index contributed by atoms with van der Waals surface area (Å²) in [7, 11) is 0. The van der Waals surface area contributed by atoms with Crippen LogP contribution in [0.5, 0.6) is 0 Å². The lowest BCUT2D eigenvalue weighted by Crippen LogP contribution is -2.43. The number of pyridine rings is 1. The number of nitrogens with two attached hydrogens (primary N) is 1. The molecule has 1 saturated heterocycles. The summed E-state index contributed by atoms with van der Waals surface area (Å²) in [5.74, 6) is 0.431. The van der Waals surface area contributed by atoms with Gasteiger partial charge in [0.05, 0.1) is 4.92 Å². The Morgan fingerprint density at radius 2 is 2.23 bits per heavy atom. The van der Waals surface area contributed by atoms with Crippen LogP contribution in [0.15, 0.2) is 12.3 Å². The van der Waals surface area contributed by atoms with Gasteiger partial charge in [0.2, 0.25) is 0 Å². The van der Waals surface area contributed by atoms with Gasteiger partial charge in [-0.25, -0.2) is 4.98 Å². The summed E-state index contributed by atoms with van der Waals surface area (Å²) in [5, 5.41) is 11.1. The van der Waals surface area contributed by atoms with E-state index in [2.05, 4.69) is 4.98 Å². The van der Waals surface area contributed by atoms with Gasteiger partial charge in [0.25, 0.3) is 0 Å². The van der Waals surface area contributed by atoms with Gasteiger partial charge in [-0.1, -0.05) is 6.92 Å². The number of nitrogens with zero attached hydrogens (tertiary/aromatic N) is 3. The number of anilines is 1. The second-order valence-corrected chi connectivity index (χ2v) is 5.52. The molecule has 0 radical (unpaired) electrons. The molecule has 6 nitrogen and oxygen atoms in total. The lowest BCUT2D eigenvalue weighted by molar-refractivity contribution is -0.384. The third kappa shape index (κ3) is 3.29. The van der Waals surface area contributed by atoms with Crippen LogP contribution in [0.4, 0.5) is 24.5 Å². The van der Waals surface area contributed by atoms with Crippen LogP contribution in [-0.2, 0) is 6.18 Å². The zero-order valence-corrected chi connectivity index (χ0v) is 12.0. The molecule has 0 saturated carbocycles. The van der Waals surface area contributed by atoms with E-state index >= 15 is 0 Å². The van der Waals surface area contributed by atoms with Crippen molar-refractivity contribution in [2.45, 2.75) is 19.5 Å². The van der Waals surface area contributed by atoms with Crippen LogP contribution in [0.2, 0.25) is 0 Å². The standard InChI is InChI=1S/C13H17F3N4O2/c1-8-2-3-19(7-9(8)5-17)10-4-12(13(14,15)16)18-6-11(10)20(21)22/h4,6,8-9H,2-3,5,7,17H2,1H3. The van der Waals surface area contributed by atoms with Crippen LogP contribution in [0, 0.1) is 22.0 Å². The predicted molar refractivity (Wildman–Crippen MR) is 74.4 cm³/mol. The van der Waals surface area contributed by atoms with Gasteiger partial charge in [-0.05, 0) is 30.9 Å². The monoisotopic (exact) mass is 318 g/mol. The van der Waals surface area contributed by atoms with E-state index in [9.17, 15) is 23.3 Å². The molecule has 0 aromatic carbocycles. The molecule has 2 atom stereocenters. The van der Waals surface area contributed by atoms with Crippen LogP contribution in [-0.4, -0.2) is 29.5 Å². The van der Waals surface area contributed by atoms with Gasteiger partial charge in [0.15, 0.2) is 0 Å². The normalized spacial score (nSPS) is 22.7. The fourth-order valence-corrected chi connectivity index (χ4v) is 2.66. The molecule has 2 heterocycles. The quantitative estimate of drug-likeness (QED) is 0.683. The highest BCUT2D eigenvalue weighted by Gasteiger charge is 2.36. The van der Waals surface area contributed by atoms with E-state index in [-0.39, 0.29) is 11.6 Å². The first kappa shape index (κ1) is 16.5. The second-order valence-electron chi connectivity index (χ2n) is 5.52. The summed E-state index contributed by atoms with van der Waals surface area (Å²) in [6.45, 7) is 3.28. The zero-order valence-electron chi connectivity index (χ0n) is 12.0. The van der Waals surface area contributed by atoms with E-state index in [1.54, 1.807) is 4.90 Å². The molecule has 1 aromatic heterocycles. The van der Waals surface area contributed by atoms with E-state index in [0.717, 1.165) is 12.5 Å². The van der Waals surface area contributed by atoms with E-state index in [4.69, 9.17) is 5.73 Å². The minimum absolute atomic E-state index is 0.0438. The summed E-state index contributed by atoms with van der Waals surface area (Å²) in [6.07, 6.45) is -3.24. The maximum atomic E-state index is 12.8. The molecule has 0 amide bonds. The maximum Gasteiger partial charge on any atom is 0.433 e. The number of nitro groups is 1. The van der Waals surface area contributed by atoms with E-state index in [1.807, 2.05) is 6.92 Å². The van der Waals surface area contributed by atoms with E-state index < -0.39 is 22.5 Å². The Morgan fingerprint density at radius 1 is 1.55 bits per heavy atom. The Balaban J connectivity index is 2.41. The van der Waals surface area contributed by atoms with Crippen molar-refractivity contribution in [2.24, 2.45) is 17.6 Å². The van der Waals surface area contributed by atoms with Gasteiger partial charge >= 0.3 is 11.9 Å². The highest BCUT2D eigenvalue weighted by atomic mass is 19.4. The van der Waals surface area contributed by atoms with Crippen molar-refractivity contribution < 1.29 is 18.1 Å². The number of aromatic nitrogens is 1. The molecule has 1 fully saturated rings. The van der Waals surface area contributed by atoms with Crippen molar-refractivity contribution in [2.75, 3.05) is 24.5 Å². The number of piperidine rings is 1. The first-order valence-electron chi connectivity index (χ1n) is 6.90. The topological polar surface area (TPSA) is 85.3 Å². The molecule has 2 N–H and O–H groups in total. The Kier molecular flexibility index (Phi) is 4.55. The van der Waals surface area contributed by atoms with Gasteiger partial charge in [-0.3, -0.25) is 10.1 Å². The lowest BCUT2D eigenvalue weighted by atomic mass is 9.87. The molecule has 0 aliphatic carbocycles. The molecule has 22 heavy (non-hydrogen) atoms. The van der Waals surface area contributed by atoms with Gasteiger partial charge in [-0.2, -0.15) is 13.2 Å². The minimum atomic E-state index is -4.64. The molecular weight excluding hydrogens is 301 g/mol. The summed E-state index contributed by atoms with van der Waals surface area (Å²) >= 11 is 0. The fraction of sp³-hybridized carbons (Fsp3) is 0.615. The van der Waals surface area contributed by atoms with Crippen LogP contribution in [0.25, 0.3) is 0 Å². The van der Waals surface area contributed by atoms with E-state index in [1.165, 1.54) is 0 Å². The van der Waals surface area contributed by atoms with Crippen molar-refractivity contribution in [3.8, 4) is 0 Å². The molecular formula is C13H17F3N4O2. The number of halogens is 3. The van der Waals surface area contributed by atoms with Gasteiger partial charge in [-0.15, -0.1) is 0 Å². The molecule has 2 rings (SSSR count). The molecule has 122 valence electrons. The largest absolute Gasteiger partial charge is 0.433 e. The molecule has 2 unspecified atom stereocenters. The van der Waals surface area contributed by atoms with E-state index in [0.29, 0.717) is 31.7 Å². The van der Waals surface area contributed by atoms with Crippen molar-refractivity contribution in [3.63, 3.8) is 0 Å². The smallest absolute Gasteiger partial charge is 0.366 e. The second kappa shape index (κ2) is 6.07. The molecule has 1 aliphatic heterocycles. The Bertz CT molecular complexity index is 565. The summed E-state index contributed by atoms with van der Waals surface area (Å²) in [6, 6.07) is 0.752. The van der Waals surface area contributed by atoms with Crippen molar-refractivity contribution >= 4 is 11.4 Å². The van der Waals surface area contributed by atoms with Crippen LogP contribution in [0.3, 0.4) is 0 Å². The lowest BCUT2D eigenvalue weighted by Gasteiger charge is -2.37. The molecule has 9 heteroatoms. The van der Waals surface area contributed by atoms with Crippen LogP contribution >= 0.6 is 0 Å². The summed E-state index contributed by atoms with van der Waals surface area (Å²) < 4.78 is 38.4. The van der Waals surface area contributed by atoms with Crippen LogP contribution in [0.1, 0.15) is 19.0 Å². The maximum absolute atomic E-state index is 12.8.